The first-order chi connectivity index (χ1) is 9.06. The second-order valence-electron chi connectivity index (χ2n) is 5.41. The molecular weight excluding hydrogens is 236 g/mol. The lowest BCUT2D eigenvalue weighted by atomic mass is 10.1. The number of rotatable bonds is 8. The van der Waals surface area contributed by atoms with Crippen LogP contribution in [0.3, 0.4) is 0 Å². The molecule has 1 N–H and O–H groups in total. The Morgan fingerprint density at radius 3 is 2.58 bits per heavy atom. The number of nitrogens with zero attached hydrogens (tertiary/aromatic N) is 3. The average molecular weight is 264 g/mol. The van der Waals surface area contributed by atoms with Crippen molar-refractivity contribution in [1.82, 2.24) is 9.97 Å². The molecule has 0 radical (unpaired) electrons. The fourth-order valence-corrected chi connectivity index (χ4v) is 1.75. The third-order valence-electron chi connectivity index (χ3n) is 3.06. The van der Waals surface area contributed by atoms with Crippen LogP contribution >= 0.6 is 0 Å². The summed E-state index contributed by atoms with van der Waals surface area (Å²) in [6, 6.07) is 2.05. The highest BCUT2D eigenvalue weighted by Crippen LogP contribution is 2.16. The van der Waals surface area contributed by atoms with Crippen molar-refractivity contribution in [3.8, 4) is 0 Å². The zero-order valence-electron chi connectivity index (χ0n) is 13.0. The summed E-state index contributed by atoms with van der Waals surface area (Å²) < 4.78 is 0. The van der Waals surface area contributed by atoms with E-state index in [9.17, 15) is 0 Å². The van der Waals surface area contributed by atoms with Crippen molar-refractivity contribution >= 4 is 11.6 Å². The molecule has 4 heteroatoms. The van der Waals surface area contributed by atoms with Crippen molar-refractivity contribution < 1.29 is 0 Å². The Kier molecular flexibility index (Phi) is 6.60. The predicted molar refractivity (Wildman–Crippen MR) is 82.9 cm³/mol. The summed E-state index contributed by atoms with van der Waals surface area (Å²) in [5.74, 6) is 3.59. The summed E-state index contributed by atoms with van der Waals surface area (Å²) in [6.45, 7) is 10.7. The van der Waals surface area contributed by atoms with Gasteiger partial charge < -0.3 is 10.2 Å². The van der Waals surface area contributed by atoms with Crippen molar-refractivity contribution in [2.75, 3.05) is 30.4 Å². The van der Waals surface area contributed by atoms with E-state index in [4.69, 9.17) is 0 Å². The molecule has 0 saturated heterocycles. The molecule has 1 aromatic rings. The minimum absolute atomic E-state index is 0.715. The maximum atomic E-state index is 4.61. The van der Waals surface area contributed by atoms with Crippen molar-refractivity contribution in [3.63, 3.8) is 0 Å². The second-order valence-corrected chi connectivity index (χ2v) is 5.41. The van der Waals surface area contributed by atoms with E-state index < -0.39 is 0 Å². The topological polar surface area (TPSA) is 41.0 Å². The van der Waals surface area contributed by atoms with Gasteiger partial charge in [-0.1, -0.05) is 27.7 Å². The van der Waals surface area contributed by atoms with E-state index in [0.29, 0.717) is 5.92 Å². The fourth-order valence-electron chi connectivity index (χ4n) is 1.75. The van der Waals surface area contributed by atoms with E-state index in [2.05, 4.69) is 61.0 Å². The molecule has 0 atom stereocenters. The number of hydrogen-bond acceptors (Lipinski definition) is 4. The number of hydrogen-bond donors (Lipinski definition) is 1. The average Bonchev–Trinajstić information content (AvgIpc) is 2.41. The van der Waals surface area contributed by atoms with E-state index in [-0.39, 0.29) is 0 Å². The van der Waals surface area contributed by atoms with Crippen LogP contribution in [0, 0.1) is 5.92 Å². The van der Waals surface area contributed by atoms with Gasteiger partial charge in [0.1, 0.15) is 17.5 Å². The van der Waals surface area contributed by atoms with Gasteiger partial charge in [0, 0.05) is 32.6 Å². The monoisotopic (exact) mass is 264 g/mol. The zero-order valence-corrected chi connectivity index (χ0v) is 13.0. The maximum Gasteiger partial charge on any atom is 0.134 e. The van der Waals surface area contributed by atoms with Crippen LogP contribution < -0.4 is 10.2 Å². The third-order valence-corrected chi connectivity index (χ3v) is 3.06. The van der Waals surface area contributed by atoms with Crippen molar-refractivity contribution in [2.24, 2.45) is 5.92 Å². The molecule has 1 aromatic heterocycles. The van der Waals surface area contributed by atoms with E-state index in [1.807, 2.05) is 0 Å². The van der Waals surface area contributed by atoms with Gasteiger partial charge in [-0.25, -0.2) is 9.97 Å². The standard InChI is InChI=1S/C15H28N4/c1-6-9-16-14-11-15(18-13(7-2)17-14)19(5)10-8-12(3)4/h11-12H,6-10H2,1-5H3,(H,16,17,18). The van der Waals surface area contributed by atoms with Crippen LogP contribution in [-0.4, -0.2) is 30.1 Å². The van der Waals surface area contributed by atoms with Gasteiger partial charge in [0.15, 0.2) is 0 Å². The number of nitrogens with one attached hydrogen (secondary N) is 1. The van der Waals surface area contributed by atoms with Crippen LogP contribution in [0.15, 0.2) is 6.07 Å². The van der Waals surface area contributed by atoms with Crippen LogP contribution in [0.1, 0.15) is 46.4 Å². The van der Waals surface area contributed by atoms with Crippen LogP contribution in [0.2, 0.25) is 0 Å². The van der Waals surface area contributed by atoms with Gasteiger partial charge in [-0.15, -0.1) is 0 Å². The first-order valence-corrected chi connectivity index (χ1v) is 7.39. The predicted octanol–water partition coefficient (Wildman–Crippen LogP) is 3.34. The molecule has 4 nitrogen and oxygen atoms in total. The Morgan fingerprint density at radius 1 is 1.26 bits per heavy atom. The van der Waals surface area contributed by atoms with Gasteiger partial charge in [-0.3, -0.25) is 0 Å². The van der Waals surface area contributed by atoms with Crippen molar-refractivity contribution in [3.05, 3.63) is 11.9 Å². The molecule has 0 bridgehead atoms. The molecule has 1 rings (SSSR count). The molecule has 0 spiro atoms. The molecule has 19 heavy (non-hydrogen) atoms. The lowest BCUT2D eigenvalue weighted by Gasteiger charge is -2.20. The molecule has 0 aromatic carbocycles. The van der Waals surface area contributed by atoms with Gasteiger partial charge in [-0.2, -0.15) is 0 Å². The Hall–Kier alpha value is -1.32. The molecule has 0 aliphatic rings. The zero-order chi connectivity index (χ0) is 14.3. The van der Waals surface area contributed by atoms with Crippen LogP contribution in [0.4, 0.5) is 11.6 Å². The molecule has 1 heterocycles. The van der Waals surface area contributed by atoms with Crippen LogP contribution in [0.5, 0.6) is 0 Å². The Labute approximate surface area is 117 Å². The summed E-state index contributed by atoms with van der Waals surface area (Å²) >= 11 is 0. The Bertz CT molecular complexity index is 376. The van der Waals surface area contributed by atoms with E-state index >= 15 is 0 Å². The van der Waals surface area contributed by atoms with Crippen LogP contribution in [0.25, 0.3) is 0 Å². The number of aryl methyl sites for hydroxylation is 1. The molecule has 108 valence electrons. The highest BCUT2D eigenvalue weighted by Gasteiger charge is 2.08. The van der Waals surface area contributed by atoms with E-state index in [1.165, 1.54) is 6.42 Å². The van der Waals surface area contributed by atoms with Crippen LogP contribution in [-0.2, 0) is 6.42 Å². The van der Waals surface area contributed by atoms with Gasteiger partial charge in [0.25, 0.3) is 0 Å². The normalized spacial score (nSPS) is 10.8. The third kappa shape index (κ3) is 5.45. The minimum atomic E-state index is 0.715. The molecule has 0 aliphatic carbocycles. The molecular formula is C15H28N4. The molecule has 0 saturated carbocycles. The lowest BCUT2D eigenvalue weighted by Crippen LogP contribution is -2.22. The second kappa shape index (κ2) is 7.97. The minimum Gasteiger partial charge on any atom is -0.370 e. The molecule has 0 unspecified atom stereocenters. The quantitative estimate of drug-likeness (QED) is 0.782. The highest BCUT2D eigenvalue weighted by atomic mass is 15.2. The van der Waals surface area contributed by atoms with E-state index in [0.717, 1.165) is 43.4 Å². The summed E-state index contributed by atoms with van der Waals surface area (Å²) in [4.78, 5) is 11.4. The number of anilines is 2. The van der Waals surface area contributed by atoms with Crippen molar-refractivity contribution in [1.29, 1.82) is 0 Å². The molecule has 0 fully saturated rings. The van der Waals surface area contributed by atoms with Gasteiger partial charge in [0.2, 0.25) is 0 Å². The summed E-state index contributed by atoms with van der Waals surface area (Å²) in [7, 11) is 2.10. The summed E-state index contributed by atoms with van der Waals surface area (Å²) in [6.07, 6.45) is 3.15. The van der Waals surface area contributed by atoms with Gasteiger partial charge in [0.05, 0.1) is 0 Å². The van der Waals surface area contributed by atoms with E-state index in [1.54, 1.807) is 0 Å². The summed E-state index contributed by atoms with van der Waals surface area (Å²) in [5.41, 5.74) is 0. The summed E-state index contributed by atoms with van der Waals surface area (Å²) in [5, 5.41) is 3.35. The SMILES string of the molecule is CCCNc1cc(N(C)CCC(C)C)nc(CC)n1. The fraction of sp³-hybridized carbons (Fsp3) is 0.733. The smallest absolute Gasteiger partial charge is 0.134 e. The molecule has 0 amide bonds. The first-order valence-electron chi connectivity index (χ1n) is 7.39. The Morgan fingerprint density at radius 2 is 2.00 bits per heavy atom. The molecule has 0 aliphatic heterocycles. The maximum absolute atomic E-state index is 4.61. The highest BCUT2D eigenvalue weighted by molar-refractivity contribution is 5.49. The largest absolute Gasteiger partial charge is 0.370 e. The lowest BCUT2D eigenvalue weighted by molar-refractivity contribution is 0.583. The van der Waals surface area contributed by atoms with Crippen molar-refractivity contribution in [2.45, 2.75) is 47.0 Å². The van der Waals surface area contributed by atoms with Gasteiger partial charge >= 0.3 is 0 Å². The number of aromatic nitrogens is 2. The first kappa shape index (κ1) is 15.7. The Balaban J connectivity index is 2.79. The van der Waals surface area contributed by atoms with Gasteiger partial charge in [-0.05, 0) is 18.8 Å².